The molecule has 4 nitrogen and oxygen atoms in total. The minimum absolute atomic E-state index is 0.0305. The maximum atomic E-state index is 12.7. The van der Waals surface area contributed by atoms with Crippen molar-refractivity contribution in [3.05, 3.63) is 72.9 Å². The summed E-state index contributed by atoms with van der Waals surface area (Å²) in [6, 6.07) is 0. The molecule has 0 saturated heterocycles. The molecule has 0 spiro atoms. The number of carbonyl (C=O) groups is 2. The highest BCUT2D eigenvalue weighted by Gasteiger charge is 2.14. The highest BCUT2D eigenvalue weighted by Crippen LogP contribution is 2.18. The van der Waals surface area contributed by atoms with Gasteiger partial charge in [0.15, 0.2) is 0 Å². The molecule has 0 aromatic heterocycles. The Balaban J connectivity index is 4.21. The van der Waals surface area contributed by atoms with Gasteiger partial charge in [0, 0.05) is 12.8 Å². The lowest BCUT2D eigenvalue weighted by Crippen LogP contribution is -2.18. The highest BCUT2D eigenvalue weighted by molar-refractivity contribution is 5.69. The van der Waals surface area contributed by atoms with Crippen LogP contribution >= 0.6 is 0 Å². The first-order valence-electron chi connectivity index (χ1n) is 20.9. The Morgan fingerprint density at radius 3 is 1.22 bits per heavy atom. The van der Waals surface area contributed by atoms with E-state index in [1.165, 1.54) is 70.6 Å². The van der Waals surface area contributed by atoms with E-state index in [1.807, 2.05) is 0 Å². The van der Waals surface area contributed by atoms with E-state index in [4.69, 9.17) is 9.84 Å². The lowest BCUT2D eigenvalue weighted by Gasteiger charge is -2.18. The molecule has 286 valence electrons. The molecule has 1 unspecified atom stereocenters. The predicted molar refractivity (Wildman–Crippen MR) is 218 cm³/mol. The van der Waals surface area contributed by atoms with Crippen molar-refractivity contribution in [2.45, 2.75) is 206 Å². The van der Waals surface area contributed by atoms with Crippen molar-refractivity contribution >= 4 is 11.9 Å². The van der Waals surface area contributed by atoms with Gasteiger partial charge in [0.05, 0.1) is 0 Å². The summed E-state index contributed by atoms with van der Waals surface area (Å²) in [6.07, 6.45) is 57.8. The Kier molecular flexibility index (Phi) is 38.7. The van der Waals surface area contributed by atoms with Crippen molar-refractivity contribution in [2.24, 2.45) is 0 Å². The number of hydrogen-bond acceptors (Lipinski definition) is 3. The normalized spacial score (nSPS) is 13.0. The van der Waals surface area contributed by atoms with Gasteiger partial charge in [-0.05, 0) is 77.0 Å². The Morgan fingerprint density at radius 2 is 0.820 bits per heavy atom. The van der Waals surface area contributed by atoms with Crippen LogP contribution in [-0.2, 0) is 14.3 Å². The van der Waals surface area contributed by atoms with Crippen LogP contribution in [0.1, 0.15) is 200 Å². The third kappa shape index (κ3) is 39.8. The second-order valence-electron chi connectivity index (χ2n) is 13.8. The van der Waals surface area contributed by atoms with Crippen LogP contribution in [0.3, 0.4) is 0 Å². The number of rotatable bonds is 37. The van der Waals surface area contributed by atoms with Crippen LogP contribution in [0.5, 0.6) is 0 Å². The zero-order chi connectivity index (χ0) is 36.4. The second-order valence-corrected chi connectivity index (χ2v) is 13.8. The van der Waals surface area contributed by atoms with E-state index in [0.717, 1.165) is 103 Å². The molecule has 0 amide bonds. The van der Waals surface area contributed by atoms with Crippen LogP contribution in [-0.4, -0.2) is 23.1 Å². The number of aliphatic carboxylic acids is 1. The summed E-state index contributed by atoms with van der Waals surface area (Å²) in [5.41, 5.74) is 0. The molecule has 0 aliphatic heterocycles. The molecule has 1 N–H and O–H groups in total. The maximum absolute atomic E-state index is 12.7. The Bertz CT molecular complexity index is 922. The van der Waals surface area contributed by atoms with Gasteiger partial charge in [-0.15, -0.1) is 0 Å². The molecule has 50 heavy (non-hydrogen) atoms. The Morgan fingerprint density at radius 1 is 0.460 bits per heavy atom. The van der Waals surface area contributed by atoms with Crippen molar-refractivity contribution < 1.29 is 19.4 Å². The summed E-state index contributed by atoms with van der Waals surface area (Å²) in [6.45, 7) is 4.43. The number of ether oxygens (including phenoxy) is 1. The molecular weight excluding hydrogens is 617 g/mol. The minimum atomic E-state index is -0.701. The second kappa shape index (κ2) is 40.8. The van der Waals surface area contributed by atoms with Gasteiger partial charge in [-0.25, -0.2) is 0 Å². The first-order chi connectivity index (χ1) is 24.6. The summed E-state index contributed by atoms with van der Waals surface area (Å²) in [7, 11) is 0. The van der Waals surface area contributed by atoms with Gasteiger partial charge < -0.3 is 9.84 Å². The summed E-state index contributed by atoms with van der Waals surface area (Å²) in [4.78, 5) is 23.4. The number of allylic oxidation sites excluding steroid dienone is 12. The number of unbranched alkanes of at least 4 members (excludes halogenated alkanes) is 16. The lowest BCUT2D eigenvalue weighted by molar-refractivity contribution is -0.149. The number of esters is 1. The SMILES string of the molecule is CC/C=C\C/C=C\C/C=C\C/C=C\C/C=C\C/C=C\CCC(=O)OC(CCCCCCCCCCCCCC)CCCCCCCCC(=O)O. The van der Waals surface area contributed by atoms with Crippen molar-refractivity contribution in [1.29, 1.82) is 0 Å². The fourth-order valence-corrected chi connectivity index (χ4v) is 5.92. The molecule has 1 atom stereocenters. The average Bonchev–Trinajstić information content (AvgIpc) is 3.10. The van der Waals surface area contributed by atoms with Crippen LogP contribution in [0.25, 0.3) is 0 Å². The molecule has 0 fully saturated rings. The van der Waals surface area contributed by atoms with Crippen molar-refractivity contribution in [3.8, 4) is 0 Å². The van der Waals surface area contributed by atoms with Gasteiger partial charge in [-0.1, -0.05) is 183 Å². The van der Waals surface area contributed by atoms with Crippen molar-refractivity contribution in [1.82, 2.24) is 0 Å². The van der Waals surface area contributed by atoms with Crippen LogP contribution in [0, 0.1) is 0 Å². The van der Waals surface area contributed by atoms with Gasteiger partial charge in [0.2, 0.25) is 0 Å². The van der Waals surface area contributed by atoms with Gasteiger partial charge >= 0.3 is 11.9 Å². The van der Waals surface area contributed by atoms with Crippen LogP contribution in [0.4, 0.5) is 0 Å². The molecule has 0 bridgehead atoms. The fraction of sp³-hybridized carbons (Fsp3) is 0.696. The largest absolute Gasteiger partial charge is 0.481 e. The van der Waals surface area contributed by atoms with Crippen LogP contribution in [0.15, 0.2) is 72.9 Å². The van der Waals surface area contributed by atoms with Crippen molar-refractivity contribution in [3.63, 3.8) is 0 Å². The zero-order valence-corrected chi connectivity index (χ0v) is 32.7. The van der Waals surface area contributed by atoms with E-state index in [9.17, 15) is 9.59 Å². The topological polar surface area (TPSA) is 63.6 Å². The number of hydrogen-bond donors (Lipinski definition) is 1. The minimum Gasteiger partial charge on any atom is -0.481 e. The van der Waals surface area contributed by atoms with Gasteiger partial charge in [-0.3, -0.25) is 9.59 Å². The molecular formula is C46H78O4. The van der Waals surface area contributed by atoms with Crippen LogP contribution < -0.4 is 0 Å². The van der Waals surface area contributed by atoms with E-state index in [-0.39, 0.29) is 18.5 Å². The van der Waals surface area contributed by atoms with E-state index in [1.54, 1.807) is 0 Å². The summed E-state index contributed by atoms with van der Waals surface area (Å²) >= 11 is 0. The predicted octanol–water partition coefficient (Wildman–Crippen LogP) is 14.7. The molecule has 0 radical (unpaired) electrons. The lowest BCUT2D eigenvalue weighted by atomic mass is 10.0. The Hall–Kier alpha value is -2.62. The summed E-state index contributed by atoms with van der Waals surface area (Å²) in [5.74, 6) is -0.768. The molecule has 0 saturated carbocycles. The summed E-state index contributed by atoms with van der Waals surface area (Å²) < 4.78 is 5.99. The van der Waals surface area contributed by atoms with E-state index in [2.05, 4.69) is 86.8 Å². The summed E-state index contributed by atoms with van der Waals surface area (Å²) in [5, 5.41) is 8.80. The van der Waals surface area contributed by atoms with Gasteiger partial charge in [0.1, 0.15) is 6.10 Å². The average molecular weight is 695 g/mol. The fourth-order valence-electron chi connectivity index (χ4n) is 5.92. The molecule has 0 aliphatic carbocycles. The monoisotopic (exact) mass is 695 g/mol. The first kappa shape index (κ1) is 47.4. The molecule has 0 aromatic carbocycles. The Labute approximate surface area is 309 Å². The maximum Gasteiger partial charge on any atom is 0.306 e. The zero-order valence-electron chi connectivity index (χ0n) is 32.7. The van der Waals surface area contributed by atoms with Crippen molar-refractivity contribution in [2.75, 3.05) is 0 Å². The van der Waals surface area contributed by atoms with E-state index in [0.29, 0.717) is 6.42 Å². The third-order valence-electron chi connectivity index (χ3n) is 8.96. The van der Waals surface area contributed by atoms with E-state index < -0.39 is 5.97 Å². The smallest absolute Gasteiger partial charge is 0.306 e. The van der Waals surface area contributed by atoms with E-state index >= 15 is 0 Å². The standard InChI is InChI=1S/C46H78O4/c1-3-5-7-9-11-13-15-17-18-19-20-21-22-23-25-27-29-35-39-43-46(49)50-44(41-37-33-30-31-34-38-42-45(47)48)40-36-32-28-26-24-16-14-12-10-8-6-4-2/h5,7,11,13,17-18,20-21,23,25,29,35,44H,3-4,6,8-10,12,14-16,19,22,24,26-28,30-34,36-43H2,1-2H3,(H,47,48)/b7-5-,13-11-,18-17-,21-20-,25-23-,35-29-. The molecule has 0 heterocycles. The molecule has 0 rings (SSSR count). The number of carboxylic acid groups (broad SMARTS) is 1. The van der Waals surface area contributed by atoms with Crippen LogP contribution in [0.2, 0.25) is 0 Å². The molecule has 0 aliphatic rings. The van der Waals surface area contributed by atoms with Gasteiger partial charge in [0.25, 0.3) is 0 Å². The third-order valence-corrected chi connectivity index (χ3v) is 8.96. The molecule has 0 aromatic rings. The molecule has 4 heteroatoms. The highest BCUT2D eigenvalue weighted by atomic mass is 16.5. The number of carboxylic acids is 1. The first-order valence-corrected chi connectivity index (χ1v) is 20.9. The number of carbonyl (C=O) groups excluding carboxylic acids is 1. The quantitative estimate of drug-likeness (QED) is 0.0399. The van der Waals surface area contributed by atoms with Gasteiger partial charge in [-0.2, -0.15) is 0 Å².